The van der Waals surface area contributed by atoms with E-state index in [0.29, 0.717) is 13.0 Å². The van der Waals surface area contributed by atoms with Gasteiger partial charge in [-0.2, -0.15) is 5.26 Å². The molecule has 1 saturated heterocycles. The molecule has 2 rings (SSSR count). The van der Waals surface area contributed by atoms with E-state index in [0.717, 1.165) is 0 Å². The highest BCUT2D eigenvalue weighted by Gasteiger charge is 2.53. The first-order chi connectivity index (χ1) is 7.83. The number of piperidine rings is 1. The van der Waals surface area contributed by atoms with Gasteiger partial charge in [-0.15, -0.1) is 0 Å². The number of nitriles is 1. The summed E-state index contributed by atoms with van der Waals surface area (Å²) in [6, 6.07) is 1.71. The molecule has 0 aromatic rings. The van der Waals surface area contributed by atoms with E-state index in [-0.39, 0.29) is 17.7 Å². The summed E-state index contributed by atoms with van der Waals surface area (Å²) in [6.45, 7) is 5.79. The van der Waals surface area contributed by atoms with Gasteiger partial charge in [0.15, 0.2) is 5.78 Å². The van der Waals surface area contributed by atoms with Crippen molar-refractivity contribution in [2.24, 2.45) is 11.8 Å². The molecule has 17 heavy (non-hydrogen) atoms. The molecule has 2 bridgehead atoms. The van der Waals surface area contributed by atoms with Crippen LogP contribution >= 0.6 is 0 Å². The molecule has 1 aliphatic carbocycles. The van der Waals surface area contributed by atoms with Gasteiger partial charge < -0.3 is 9.64 Å². The van der Waals surface area contributed by atoms with Crippen LogP contribution in [0.5, 0.6) is 0 Å². The molecule has 5 heteroatoms. The van der Waals surface area contributed by atoms with Crippen molar-refractivity contribution in [1.29, 1.82) is 5.26 Å². The van der Waals surface area contributed by atoms with Gasteiger partial charge in [-0.3, -0.25) is 4.79 Å². The zero-order valence-electron chi connectivity index (χ0n) is 10.3. The van der Waals surface area contributed by atoms with Crippen LogP contribution in [0.15, 0.2) is 0 Å². The molecule has 1 amide bonds. The van der Waals surface area contributed by atoms with Crippen LogP contribution in [0, 0.1) is 23.2 Å². The van der Waals surface area contributed by atoms with Gasteiger partial charge in [0.1, 0.15) is 11.5 Å². The van der Waals surface area contributed by atoms with Crippen molar-refractivity contribution in [3.63, 3.8) is 0 Å². The molecule has 1 heterocycles. The van der Waals surface area contributed by atoms with Crippen molar-refractivity contribution < 1.29 is 14.3 Å². The van der Waals surface area contributed by atoms with Crippen LogP contribution in [0.25, 0.3) is 0 Å². The van der Waals surface area contributed by atoms with Gasteiger partial charge in [0, 0.05) is 12.5 Å². The van der Waals surface area contributed by atoms with E-state index in [2.05, 4.69) is 0 Å². The topological polar surface area (TPSA) is 70.4 Å². The third kappa shape index (κ3) is 1.99. The molecule has 3 unspecified atom stereocenters. The lowest BCUT2D eigenvalue weighted by Gasteiger charge is -2.31. The molecule has 0 aromatic carbocycles. The first-order valence-electron chi connectivity index (χ1n) is 5.76. The minimum Gasteiger partial charge on any atom is -0.444 e. The molecule has 3 atom stereocenters. The Morgan fingerprint density at radius 1 is 1.53 bits per heavy atom. The molecule has 2 aliphatic rings. The Bertz CT molecular complexity index is 405. The predicted octanol–water partition coefficient (Wildman–Crippen LogP) is 1.33. The Morgan fingerprint density at radius 3 is 2.65 bits per heavy atom. The molecular weight excluding hydrogens is 220 g/mol. The van der Waals surface area contributed by atoms with Gasteiger partial charge >= 0.3 is 6.09 Å². The molecule has 0 N–H and O–H groups in total. The molecular formula is C12H16N2O3. The lowest BCUT2D eigenvalue weighted by Crippen LogP contribution is -2.47. The van der Waals surface area contributed by atoms with Gasteiger partial charge in [-0.1, -0.05) is 0 Å². The van der Waals surface area contributed by atoms with Crippen LogP contribution in [0.4, 0.5) is 4.79 Å². The third-order valence-electron chi connectivity index (χ3n) is 3.20. The second kappa shape index (κ2) is 3.73. The molecule has 0 spiro atoms. The first-order valence-corrected chi connectivity index (χ1v) is 5.76. The number of hydrogen-bond donors (Lipinski definition) is 0. The van der Waals surface area contributed by atoms with E-state index >= 15 is 0 Å². The van der Waals surface area contributed by atoms with Gasteiger partial charge in [0.05, 0.1) is 12.1 Å². The Balaban J connectivity index is 2.09. The number of likely N-dealkylation sites (tertiary alicyclic amines) is 1. The largest absolute Gasteiger partial charge is 0.444 e. The van der Waals surface area contributed by atoms with Crippen molar-refractivity contribution in [1.82, 2.24) is 4.90 Å². The number of ether oxygens (including phenoxy) is 1. The number of ketones is 1. The summed E-state index contributed by atoms with van der Waals surface area (Å²) < 4.78 is 5.27. The maximum atomic E-state index is 11.9. The zero-order valence-corrected chi connectivity index (χ0v) is 10.3. The smallest absolute Gasteiger partial charge is 0.410 e. The van der Waals surface area contributed by atoms with E-state index < -0.39 is 17.6 Å². The molecule has 0 radical (unpaired) electrons. The van der Waals surface area contributed by atoms with Gasteiger partial charge in [0.2, 0.25) is 0 Å². The van der Waals surface area contributed by atoms with Gasteiger partial charge in [0.25, 0.3) is 0 Å². The van der Waals surface area contributed by atoms with Crippen LogP contribution in [0.2, 0.25) is 0 Å². The average Bonchev–Trinajstić information content (AvgIpc) is 2.72. The van der Waals surface area contributed by atoms with Crippen molar-refractivity contribution in [2.45, 2.75) is 38.8 Å². The number of carbonyl (C=O) groups is 2. The predicted molar refractivity (Wildman–Crippen MR) is 58.9 cm³/mol. The number of carbonyl (C=O) groups excluding carboxylic acids is 2. The van der Waals surface area contributed by atoms with E-state index in [9.17, 15) is 9.59 Å². The lowest BCUT2D eigenvalue weighted by atomic mass is 9.98. The van der Waals surface area contributed by atoms with E-state index in [1.807, 2.05) is 6.07 Å². The lowest BCUT2D eigenvalue weighted by molar-refractivity contribution is -0.125. The minimum atomic E-state index is -0.665. The fraction of sp³-hybridized carbons (Fsp3) is 0.750. The quantitative estimate of drug-likeness (QED) is 0.636. The summed E-state index contributed by atoms with van der Waals surface area (Å²) in [4.78, 5) is 25.1. The number of rotatable bonds is 0. The van der Waals surface area contributed by atoms with Crippen molar-refractivity contribution in [3.8, 4) is 6.07 Å². The number of hydrogen-bond acceptors (Lipinski definition) is 4. The second-order valence-corrected chi connectivity index (χ2v) is 5.64. The maximum Gasteiger partial charge on any atom is 0.410 e. The van der Waals surface area contributed by atoms with E-state index in [1.165, 1.54) is 4.90 Å². The summed E-state index contributed by atoms with van der Waals surface area (Å²) in [5.74, 6) is -0.851. The molecule has 0 aromatic heterocycles. The Labute approximate surface area is 100 Å². The van der Waals surface area contributed by atoms with Crippen LogP contribution in [-0.4, -0.2) is 35.0 Å². The summed E-state index contributed by atoms with van der Waals surface area (Å²) in [7, 11) is 0. The number of amides is 1. The molecule has 1 aliphatic heterocycles. The zero-order chi connectivity index (χ0) is 12.8. The van der Waals surface area contributed by atoms with Gasteiger partial charge in [-0.25, -0.2) is 4.79 Å². The van der Waals surface area contributed by atoms with Crippen LogP contribution in [0.1, 0.15) is 27.2 Å². The monoisotopic (exact) mass is 236 g/mol. The Hall–Kier alpha value is -1.57. The number of fused-ring (bicyclic) bond motifs is 2. The summed E-state index contributed by atoms with van der Waals surface area (Å²) >= 11 is 0. The SMILES string of the molecule is CC(C)(C)OC(=O)N1CC2CC1C(C#N)C2=O. The summed E-state index contributed by atoms with van der Waals surface area (Å²) in [5.41, 5.74) is -0.551. The van der Waals surface area contributed by atoms with Crippen molar-refractivity contribution in [3.05, 3.63) is 0 Å². The van der Waals surface area contributed by atoms with Crippen LogP contribution in [-0.2, 0) is 9.53 Å². The highest BCUT2D eigenvalue weighted by atomic mass is 16.6. The molecule has 2 fully saturated rings. The number of nitrogens with zero attached hydrogens (tertiary/aromatic N) is 2. The molecule has 1 saturated carbocycles. The highest BCUT2D eigenvalue weighted by molar-refractivity contribution is 5.91. The Morgan fingerprint density at radius 2 is 2.18 bits per heavy atom. The highest BCUT2D eigenvalue weighted by Crippen LogP contribution is 2.39. The Kier molecular flexibility index (Phi) is 2.61. The molecule has 5 nitrogen and oxygen atoms in total. The number of Topliss-reactive ketones (excluding diaryl/α,β-unsaturated/α-hetero) is 1. The van der Waals surface area contributed by atoms with Crippen molar-refractivity contribution in [2.75, 3.05) is 6.54 Å². The molecule has 92 valence electrons. The van der Waals surface area contributed by atoms with E-state index in [4.69, 9.17) is 10.00 Å². The van der Waals surface area contributed by atoms with Crippen LogP contribution < -0.4 is 0 Å². The first kappa shape index (κ1) is 11.9. The standard InChI is InChI=1S/C12H16N2O3/c1-12(2,3)17-11(16)14-6-7-4-9(14)8(5-13)10(7)15/h7-9H,4,6H2,1-3H3. The normalized spacial score (nSPS) is 31.5. The maximum absolute atomic E-state index is 11.9. The van der Waals surface area contributed by atoms with Crippen molar-refractivity contribution >= 4 is 11.9 Å². The van der Waals surface area contributed by atoms with Crippen LogP contribution in [0.3, 0.4) is 0 Å². The summed E-state index contributed by atoms with van der Waals surface area (Å²) in [6.07, 6.45) is 0.189. The summed E-state index contributed by atoms with van der Waals surface area (Å²) in [5, 5.41) is 8.94. The fourth-order valence-corrected chi connectivity index (χ4v) is 2.51. The van der Waals surface area contributed by atoms with E-state index in [1.54, 1.807) is 20.8 Å². The fourth-order valence-electron chi connectivity index (χ4n) is 2.51. The third-order valence-corrected chi connectivity index (χ3v) is 3.20. The second-order valence-electron chi connectivity index (χ2n) is 5.64. The average molecular weight is 236 g/mol. The van der Waals surface area contributed by atoms with Gasteiger partial charge in [-0.05, 0) is 27.2 Å². The minimum absolute atomic E-state index is 0.0164.